The Kier molecular flexibility index (Phi) is 14.6. The highest BCUT2D eigenvalue weighted by atomic mass is 35.5. The number of ether oxygens (including phenoxy) is 3. The number of nitrogens with zero attached hydrogens (tertiary/aromatic N) is 7. The molecular formula is C44H53ClF2N8O6S. The number of nitrogen functional groups attached to an aromatic ring is 1. The first kappa shape index (κ1) is 45.1. The summed E-state index contributed by atoms with van der Waals surface area (Å²) in [6.07, 6.45) is 1.24. The van der Waals surface area contributed by atoms with Crippen molar-refractivity contribution in [3.05, 3.63) is 70.8 Å². The Morgan fingerprint density at radius 2 is 1.63 bits per heavy atom. The van der Waals surface area contributed by atoms with Gasteiger partial charge in [-0.3, -0.25) is 4.79 Å². The van der Waals surface area contributed by atoms with E-state index in [1.807, 2.05) is 56.0 Å². The number of anilines is 2. The number of hydrogen-bond donors (Lipinski definition) is 2. The fourth-order valence-corrected chi connectivity index (χ4v) is 9.05. The first-order chi connectivity index (χ1) is 29.7. The van der Waals surface area contributed by atoms with Crippen LogP contribution >= 0.6 is 22.9 Å². The molecule has 1 amide bonds. The molecule has 0 saturated carbocycles. The highest BCUT2D eigenvalue weighted by Gasteiger charge is 2.33. The molecule has 62 heavy (non-hydrogen) atoms. The van der Waals surface area contributed by atoms with Gasteiger partial charge in [-0.05, 0) is 63.8 Å². The van der Waals surface area contributed by atoms with E-state index in [-0.39, 0.29) is 81.7 Å². The predicted molar refractivity (Wildman–Crippen MR) is 237 cm³/mol. The van der Waals surface area contributed by atoms with Crippen LogP contribution in [0.1, 0.15) is 45.6 Å². The Morgan fingerprint density at radius 3 is 2.32 bits per heavy atom. The summed E-state index contributed by atoms with van der Waals surface area (Å²) in [4.78, 5) is 46.1. The quantitative estimate of drug-likeness (QED) is 0.0749. The van der Waals surface area contributed by atoms with Crippen LogP contribution in [0.4, 0.5) is 24.5 Å². The van der Waals surface area contributed by atoms with Crippen LogP contribution in [0.3, 0.4) is 0 Å². The summed E-state index contributed by atoms with van der Waals surface area (Å²) in [5, 5.41) is 10.6. The summed E-state index contributed by atoms with van der Waals surface area (Å²) < 4.78 is 49.2. The second-order valence-corrected chi connectivity index (χ2v) is 18.0. The fourth-order valence-electron chi connectivity index (χ4n) is 8.00. The molecule has 0 bridgehead atoms. The number of piperazine rings is 2. The molecule has 7 rings (SSSR count). The molecule has 3 aromatic carbocycles. The normalized spacial score (nSPS) is 16.6. The minimum absolute atomic E-state index is 0.00687. The van der Waals surface area contributed by atoms with E-state index in [9.17, 15) is 19.1 Å². The average Bonchev–Trinajstić information content (AvgIpc) is 3.64. The first-order valence-corrected chi connectivity index (χ1v) is 22.1. The molecule has 332 valence electrons. The van der Waals surface area contributed by atoms with Crippen molar-refractivity contribution in [2.75, 3.05) is 89.4 Å². The van der Waals surface area contributed by atoms with E-state index in [0.717, 1.165) is 62.6 Å². The molecule has 2 aromatic heterocycles. The topological polar surface area (TPSA) is 160 Å². The summed E-state index contributed by atoms with van der Waals surface area (Å²) in [6, 6.07) is 13.5. The zero-order valence-electron chi connectivity index (χ0n) is 35.2. The Hall–Kier alpha value is -4.94. The lowest BCUT2D eigenvalue weighted by Gasteiger charge is -2.41. The number of carbonyl (C=O) groups is 2. The highest BCUT2D eigenvalue weighted by Crippen LogP contribution is 2.43. The van der Waals surface area contributed by atoms with E-state index in [0.29, 0.717) is 37.3 Å². The van der Waals surface area contributed by atoms with Crippen molar-refractivity contribution in [2.24, 2.45) is 0 Å². The second-order valence-electron chi connectivity index (χ2n) is 16.6. The monoisotopic (exact) mass is 894 g/mol. The number of thiazole rings is 1. The van der Waals surface area contributed by atoms with Crippen LogP contribution in [0, 0.1) is 11.6 Å². The van der Waals surface area contributed by atoms with Gasteiger partial charge >= 0.3 is 18.1 Å². The third-order valence-electron chi connectivity index (χ3n) is 10.9. The maximum Gasteiger partial charge on any atom is 0.407 e. The molecule has 2 saturated heterocycles. The van der Waals surface area contributed by atoms with E-state index >= 15 is 4.39 Å². The van der Waals surface area contributed by atoms with Crippen LogP contribution in [-0.4, -0.2) is 137 Å². The van der Waals surface area contributed by atoms with E-state index in [4.69, 9.17) is 36.5 Å². The molecule has 3 N–H and O–H groups in total. The number of benzene rings is 3. The van der Waals surface area contributed by atoms with Crippen LogP contribution < -0.4 is 15.4 Å². The number of carboxylic acid groups (broad SMARTS) is 1. The Labute approximate surface area is 368 Å². The molecule has 18 heteroatoms. The van der Waals surface area contributed by atoms with Crippen LogP contribution in [0.5, 0.6) is 6.01 Å². The third kappa shape index (κ3) is 11.2. The SMILES string of the molecule is CC(C)(C)OC(=O)CCOCCCN1CCN(CCCOc2nc(N3CCN(C(=O)O)C(Cc4ccccc4)C3)c3cc(Cl)c(-c4ccc(F)c5sc(N)nc45)c(F)c3n2)CC1. The summed E-state index contributed by atoms with van der Waals surface area (Å²) in [5.41, 5.74) is 6.84. The third-order valence-corrected chi connectivity index (χ3v) is 12.1. The molecule has 5 aromatic rings. The maximum atomic E-state index is 17.1. The molecule has 0 aliphatic carbocycles. The van der Waals surface area contributed by atoms with Gasteiger partial charge in [0.25, 0.3) is 0 Å². The van der Waals surface area contributed by atoms with E-state index in [1.54, 1.807) is 6.07 Å². The number of carbonyl (C=O) groups excluding carboxylic acids is 1. The Balaban J connectivity index is 1.04. The van der Waals surface area contributed by atoms with Crippen LogP contribution in [0.2, 0.25) is 5.02 Å². The lowest BCUT2D eigenvalue weighted by atomic mass is 10.00. The van der Waals surface area contributed by atoms with Gasteiger partial charge in [-0.15, -0.1) is 0 Å². The molecule has 2 fully saturated rings. The summed E-state index contributed by atoms with van der Waals surface area (Å²) in [7, 11) is 0. The van der Waals surface area contributed by atoms with Gasteiger partial charge in [-0.2, -0.15) is 9.97 Å². The second kappa shape index (κ2) is 20.1. The number of amides is 1. The predicted octanol–water partition coefficient (Wildman–Crippen LogP) is 7.36. The van der Waals surface area contributed by atoms with Crippen molar-refractivity contribution in [1.82, 2.24) is 29.7 Å². The smallest absolute Gasteiger partial charge is 0.407 e. The number of nitrogens with two attached hydrogens (primary N) is 1. The van der Waals surface area contributed by atoms with E-state index < -0.39 is 29.4 Å². The number of aromatic nitrogens is 3. The Morgan fingerprint density at radius 1 is 0.919 bits per heavy atom. The van der Waals surface area contributed by atoms with E-state index in [2.05, 4.69) is 19.8 Å². The lowest BCUT2D eigenvalue weighted by Crippen LogP contribution is -2.56. The van der Waals surface area contributed by atoms with Gasteiger partial charge in [0.2, 0.25) is 0 Å². The van der Waals surface area contributed by atoms with Gasteiger partial charge in [0.05, 0.1) is 40.9 Å². The van der Waals surface area contributed by atoms with Gasteiger partial charge in [0.1, 0.15) is 22.8 Å². The van der Waals surface area contributed by atoms with Gasteiger partial charge in [-0.1, -0.05) is 53.3 Å². The molecule has 1 unspecified atom stereocenters. The van der Waals surface area contributed by atoms with Crippen molar-refractivity contribution >= 4 is 67.1 Å². The zero-order chi connectivity index (χ0) is 44.0. The number of halogens is 3. The van der Waals surface area contributed by atoms with Crippen molar-refractivity contribution in [3.8, 4) is 17.1 Å². The lowest BCUT2D eigenvalue weighted by molar-refractivity contribution is -0.156. The highest BCUT2D eigenvalue weighted by molar-refractivity contribution is 7.22. The van der Waals surface area contributed by atoms with Crippen LogP contribution in [0.15, 0.2) is 48.5 Å². The fraction of sp³-hybridized carbons (Fsp3) is 0.477. The standard InChI is InChI=1S/C44H53ClF2N8O6S/c1-44(2,3)61-34(56)13-24-59-22-7-14-52-16-18-53(19-17-52)15-8-23-60-42-50-37-31(26-32(45)35(36(37)47)30-11-12-33(46)39-38(30)49-41(48)62-39)40(51-42)54-20-21-55(43(57)58)29(27-54)25-28-9-5-4-6-10-28/h4-6,9-12,26,29H,7-8,13-25,27H2,1-3H3,(H2,48,49)(H,57,58). The van der Waals surface area contributed by atoms with Gasteiger partial charge in [0, 0.05) is 82.0 Å². The van der Waals surface area contributed by atoms with Gasteiger partial charge in [0.15, 0.2) is 10.9 Å². The number of rotatable bonds is 16. The largest absolute Gasteiger partial charge is 0.465 e. The van der Waals surface area contributed by atoms with Crippen molar-refractivity contribution in [2.45, 2.75) is 58.1 Å². The van der Waals surface area contributed by atoms with Gasteiger partial charge < -0.3 is 44.7 Å². The molecule has 0 spiro atoms. The molecular weight excluding hydrogens is 842 g/mol. The molecule has 2 aliphatic rings. The zero-order valence-corrected chi connectivity index (χ0v) is 36.8. The number of hydrogen-bond acceptors (Lipinski definition) is 13. The minimum atomic E-state index is -1.02. The van der Waals surface area contributed by atoms with Crippen LogP contribution in [0.25, 0.3) is 32.2 Å². The summed E-state index contributed by atoms with van der Waals surface area (Å²) >= 11 is 7.85. The maximum absolute atomic E-state index is 17.1. The van der Waals surface area contributed by atoms with Crippen molar-refractivity contribution in [1.29, 1.82) is 0 Å². The van der Waals surface area contributed by atoms with Gasteiger partial charge in [-0.25, -0.2) is 18.6 Å². The van der Waals surface area contributed by atoms with Crippen LogP contribution in [-0.2, 0) is 20.7 Å². The Bertz CT molecular complexity index is 2360. The summed E-state index contributed by atoms with van der Waals surface area (Å²) in [5.74, 6) is -1.17. The number of esters is 1. The first-order valence-electron chi connectivity index (χ1n) is 20.9. The van der Waals surface area contributed by atoms with Crippen molar-refractivity contribution in [3.63, 3.8) is 0 Å². The molecule has 4 heterocycles. The van der Waals surface area contributed by atoms with E-state index in [1.165, 1.54) is 17.0 Å². The minimum Gasteiger partial charge on any atom is -0.465 e. The molecule has 14 nitrogen and oxygen atoms in total. The molecule has 0 radical (unpaired) electrons. The molecule has 2 aliphatic heterocycles. The van der Waals surface area contributed by atoms with Crippen molar-refractivity contribution < 1.29 is 37.7 Å². The summed E-state index contributed by atoms with van der Waals surface area (Å²) in [6.45, 7) is 12.9. The average molecular weight is 895 g/mol. The molecule has 1 atom stereocenters. The number of fused-ring (bicyclic) bond motifs is 2.